The van der Waals surface area contributed by atoms with Gasteiger partial charge in [0, 0.05) is 15.5 Å². The van der Waals surface area contributed by atoms with E-state index >= 15 is 0 Å². The lowest BCUT2D eigenvalue weighted by atomic mass is 10.3. The number of hydrogen-bond acceptors (Lipinski definition) is 3. The molecule has 5 heteroatoms. The molecular formula is C13H12ClNOS2. The second-order valence-electron chi connectivity index (χ2n) is 3.66. The van der Waals surface area contributed by atoms with Crippen LogP contribution in [0.1, 0.15) is 4.88 Å². The topological polar surface area (TPSA) is 29.1 Å². The van der Waals surface area contributed by atoms with Crippen LogP contribution in [0.15, 0.2) is 41.3 Å². The first-order valence-electron chi connectivity index (χ1n) is 5.35. The van der Waals surface area contributed by atoms with Gasteiger partial charge in [-0.3, -0.25) is 4.79 Å². The fourth-order valence-electron chi connectivity index (χ4n) is 1.48. The standard InChI is InChI=1S/C13H12ClNOS2/c1-17-10-4-2-9(3-5-10)15-13(16)8-11-6-7-12(14)18-11/h2-7H,8H2,1H3,(H,15,16). The van der Waals surface area contributed by atoms with E-state index in [1.807, 2.05) is 42.7 Å². The molecule has 1 N–H and O–H groups in total. The molecule has 0 aliphatic heterocycles. The van der Waals surface area contributed by atoms with E-state index in [2.05, 4.69) is 5.32 Å². The van der Waals surface area contributed by atoms with E-state index in [0.717, 1.165) is 10.6 Å². The molecule has 0 aliphatic rings. The van der Waals surface area contributed by atoms with Crippen LogP contribution in [0.5, 0.6) is 0 Å². The lowest BCUT2D eigenvalue weighted by molar-refractivity contribution is -0.115. The third-order valence-electron chi connectivity index (χ3n) is 2.34. The Morgan fingerprint density at radius 1 is 1.28 bits per heavy atom. The third-order valence-corrected chi connectivity index (χ3v) is 4.31. The molecule has 2 aromatic rings. The Balaban J connectivity index is 1.94. The second-order valence-corrected chi connectivity index (χ2v) is 6.34. The zero-order valence-electron chi connectivity index (χ0n) is 9.77. The van der Waals surface area contributed by atoms with Crippen LogP contribution in [-0.4, -0.2) is 12.2 Å². The van der Waals surface area contributed by atoms with Gasteiger partial charge in [-0.25, -0.2) is 0 Å². The van der Waals surface area contributed by atoms with Crippen molar-refractivity contribution in [1.29, 1.82) is 0 Å². The molecule has 1 aromatic carbocycles. The van der Waals surface area contributed by atoms with E-state index in [0.29, 0.717) is 10.8 Å². The molecule has 0 aliphatic carbocycles. The lowest BCUT2D eigenvalue weighted by Gasteiger charge is -2.04. The van der Waals surface area contributed by atoms with Crippen molar-refractivity contribution in [2.24, 2.45) is 0 Å². The van der Waals surface area contributed by atoms with Crippen molar-refractivity contribution in [3.63, 3.8) is 0 Å². The van der Waals surface area contributed by atoms with Crippen LogP contribution in [0.2, 0.25) is 4.34 Å². The molecule has 0 radical (unpaired) electrons. The summed E-state index contributed by atoms with van der Waals surface area (Å²) in [6.45, 7) is 0. The maximum atomic E-state index is 11.8. The zero-order chi connectivity index (χ0) is 13.0. The summed E-state index contributed by atoms with van der Waals surface area (Å²) in [6, 6.07) is 11.5. The Kier molecular flexibility index (Phi) is 4.69. The fraction of sp³-hybridized carbons (Fsp3) is 0.154. The van der Waals surface area contributed by atoms with Crippen molar-refractivity contribution in [3.8, 4) is 0 Å². The lowest BCUT2D eigenvalue weighted by Crippen LogP contribution is -2.13. The second kappa shape index (κ2) is 6.27. The predicted molar refractivity (Wildman–Crippen MR) is 79.9 cm³/mol. The van der Waals surface area contributed by atoms with Crippen molar-refractivity contribution >= 4 is 46.3 Å². The number of carbonyl (C=O) groups excluding carboxylic acids is 1. The molecule has 0 saturated carbocycles. The van der Waals surface area contributed by atoms with E-state index < -0.39 is 0 Å². The number of thiophene rings is 1. The summed E-state index contributed by atoms with van der Waals surface area (Å²) in [6.07, 6.45) is 2.38. The number of anilines is 1. The average Bonchev–Trinajstić information content (AvgIpc) is 2.75. The van der Waals surface area contributed by atoms with Gasteiger partial charge >= 0.3 is 0 Å². The van der Waals surface area contributed by atoms with Crippen molar-refractivity contribution in [2.45, 2.75) is 11.3 Å². The van der Waals surface area contributed by atoms with Crippen LogP contribution < -0.4 is 5.32 Å². The van der Waals surface area contributed by atoms with Crippen LogP contribution in [-0.2, 0) is 11.2 Å². The van der Waals surface area contributed by atoms with Gasteiger partial charge in [0.15, 0.2) is 0 Å². The Morgan fingerprint density at radius 2 is 2.00 bits per heavy atom. The minimum atomic E-state index is -0.0228. The van der Waals surface area contributed by atoms with E-state index in [1.54, 1.807) is 11.8 Å². The maximum absolute atomic E-state index is 11.8. The van der Waals surface area contributed by atoms with Crippen LogP contribution in [0.25, 0.3) is 0 Å². The Labute approximate surface area is 119 Å². The van der Waals surface area contributed by atoms with Gasteiger partial charge in [-0.05, 0) is 42.7 Å². The number of carbonyl (C=O) groups is 1. The van der Waals surface area contributed by atoms with E-state index in [1.165, 1.54) is 16.2 Å². The van der Waals surface area contributed by atoms with Crippen molar-refractivity contribution in [3.05, 3.63) is 45.6 Å². The molecule has 18 heavy (non-hydrogen) atoms. The minimum absolute atomic E-state index is 0.0228. The van der Waals surface area contributed by atoms with Crippen molar-refractivity contribution in [1.82, 2.24) is 0 Å². The van der Waals surface area contributed by atoms with Gasteiger partial charge in [-0.2, -0.15) is 0 Å². The van der Waals surface area contributed by atoms with E-state index in [-0.39, 0.29) is 5.91 Å². The highest BCUT2D eigenvalue weighted by molar-refractivity contribution is 7.98. The number of hydrogen-bond donors (Lipinski definition) is 1. The van der Waals surface area contributed by atoms with E-state index in [4.69, 9.17) is 11.6 Å². The molecule has 0 fully saturated rings. The van der Waals surface area contributed by atoms with Gasteiger partial charge in [-0.1, -0.05) is 11.6 Å². The SMILES string of the molecule is CSc1ccc(NC(=O)Cc2ccc(Cl)s2)cc1. The van der Waals surface area contributed by atoms with Gasteiger partial charge in [0.1, 0.15) is 0 Å². The summed E-state index contributed by atoms with van der Waals surface area (Å²) in [5.41, 5.74) is 0.820. The first-order chi connectivity index (χ1) is 8.67. The molecular weight excluding hydrogens is 286 g/mol. The van der Waals surface area contributed by atoms with Gasteiger partial charge in [0.25, 0.3) is 0 Å². The first kappa shape index (κ1) is 13.5. The highest BCUT2D eigenvalue weighted by Gasteiger charge is 2.06. The number of rotatable bonds is 4. The number of halogens is 1. The first-order valence-corrected chi connectivity index (χ1v) is 7.77. The number of amides is 1. The Hall–Kier alpha value is -0.970. The third kappa shape index (κ3) is 3.77. The molecule has 94 valence electrons. The van der Waals surface area contributed by atoms with E-state index in [9.17, 15) is 4.79 Å². The predicted octanol–water partition coefficient (Wildman–Crippen LogP) is 4.30. The normalized spacial score (nSPS) is 10.3. The number of thioether (sulfide) groups is 1. The zero-order valence-corrected chi connectivity index (χ0v) is 12.2. The maximum Gasteiger partial charge on any atom is 0.229 e. The molecule has 2 rings (SSSR count). The summed E-state index contributed by atoms with van der Waals surface area (Å²) in [4.78, 5) is 13.9. The quantitative estimate of drug-likeness (QED) is 0.852. The Bertz CT molecular complexity index is 536. The van der Waals surface area contributed by atoms with Crippen LogP contribution in [0, 0.1) is 0 Å². The summed E-state index contributed by atoms with van der Waals surface area (Å²) in [7, 11) is 0. The van der Waals surface area contributed by atoms with Crippen LogP contribution in [0.4, 0.5) is 5.69 Å². The van der Waals surface area contributed by atoms with Crippen LogP contribution in [0.3, 0.4) is 0 Å². The molecule has 1 amide bonds. The Morgan fingerprint density at radius 3 is 2.56 bits per heavy atom. The van der Waals surface area contributed by atoms with Gasteiger partial charge in [0.2, 0.25) is 5.91 Å². The van der Waals surface area contributed by atoms with Gasteiger partial charge in [0.05, 0.1) is 10.8 Å². The van der Waals surface area contributed by atoms with Crippen LogP contribution >= 0.6 is 34.7 Å². The van der Waals surface area contributed by atoms with Gasteiger partial charge in [-0.15, -0.1) is 23.1 Å². The number of nitrogens with one attached hydrogen (secondary N) is 1. The fourth-order valence-corrected chi connectivity index (χ4v) is 2.98. The highest BCUT2D eigenvalue weighted by Crippen LogP contribution is 2.22. The molecule has 1 aromatic heterocycles. The molecule has 0 saturated heterocycles. The monoisotopic (exact) mass is 297 g/mol. The smallest absolute Gasteiger partial charge is 0.229 e. The van der Waals surface area contributed by atoms with Crippen molar-refractivity contribution in [2.75, 3.05) is 11.6 Å². The summed E-state index contributed by atoms with van der Waals surface area (Å²) in [5, 5.41) is 2.87. The molecule has 2 nitrogen and oxygen atoms in total. The summed E-state index contributed by atoms with van der Waals surface area (Å²) >= 11 is 8.93. The van der Waals surface area contributed by atoms with Gasteiger partial charge < -0.3 is 5.32 Å². The average molecular weight is 298 g/mol. The minimum Gasteiger partial charge on any atom is -0.326 e. The molecule has 0 unspecified atom stereocenters. The highest BCUT2D eigenvalue weighted by atomic mass is 35.5. The largest absolute Gasteiger partial charge is 0.326 e. The molecule has 0 atom stereocenters. The van der Waals surface area contributed by atoms with Crippen molar-refractivity contribution < 1.29 is 4.79 Å². The number of benzene rings is 1. The summed E-state index contributed by atoms with van der Waals surface area (Å²) in [5.74, 6) is -0.0228. The molecule has 0 bridgehead atoms. The molecule has 0 spiro atoms. The summed E-state index contributed by atoms with van der Waals surface area (Å²) < 4.78 is 0.710. The molecule has 1 heterocycles.